The Bertz CT molecular complexity index is 1750. The number of carbonyl (C=O) groups is 6. The van der Waals surface area contributed by atoms with Crippen LogP contribution in [0.2, 0.25) is 0 Å². The first-order valence-electron chi connectivity index (χ1n) is 20.5. The van der Waals surface area contributed by atoms with Gasteiger partial charge in [-0.3, -0.25) is 33.9 Å². The van der Waals surface area contributed by atoms with E-state index in [9.17, 15) is 28.8 Å². The number of nitrogens with zero attached hydrogens (tertiary/aromatic N) is 5. The number of aromatic nitrogens is 1. The number of carbonyl (C=O) groups excluding carboxylic acids is 6. The molecule has 0 aliphatic carbocycles. The van der Waals surface area contributed by atoms with Crippen molar-refractivity contribution in [1.82, 2.24) is 29.9 Å². The Hall–Kier alpha value is -4.59. The third kappa shape index (κ3) is 10.9. The number of ether oxygens (including phenoxy) is 1. The average Bonchev–Trinajstić information content (AvgIpc) is 3.83. The Morgan fingerprint density at radius 1 is 0.807 bits per heavy atom. The highest BCUT2D eigenvalue weighted by molar-refractivity contribution is 5.97. The van der Waals surface area contributed by atoms with Crippen molar-refractivity contribution in [2.45, 2.75) is 124 Å². The van der Waals surface area contributed by atoms with E-state index in [2.05, 4.69) is 15.6 Å². The number of esters is 1. The Balaban J connectivity index is 1.44. The Kier molecular flexibility index (Phi) is 15.6. The van der Waals surface area contributed by atoms with Crippen molar-refractivity contribution in [1.29, 1.82) is 0 Å². The second kappa shape index (κ2) is 19.7. The summed E-state index contributed by atoms with van der Waals surface area (Å²) in [7, 11) is 5.24. The van der Waals surface area contributed by atoms with Gasteiger partial charge in [0, 0.05) is 25.5 Å². The number of likely N-dealkylation sites (tertiary alicyclic amines) is 2. The largest absolute Gasteiger partial charge is 0.460 e. The summed E-state index contributed by atoms with van der Waals surface area (Å²) < 4.78 is 5.96. The summed E-state index contributed by atoms with van der Waals surface area (Å²) in [5.41, 5.74) is 1.35. The van der Waals surface area contributed by atoms with Crippen LogP contribution in [0.5, 0.6) is 0 Å². The van der Waals surface area contributed by atoms with E-state index in [1.165, 1.54) is 9.80 Å². The lowest BCUT2D eigenvalue weighted by Crippen LogP contribution is -2.61. The molecule has 2 N–H and O–H groups in total. The van der Waals surface area contributed by atoms with E-state index in [0.717, 1.165) is 10.9 Å². The normalized spacial score (nSPS) is 19.3. The SMILES string of the molecule is CC(C)C(CC(=O)Nc1cnc2ccccc2c1)OC(=O)C1CCCN1C(=O)C1CCCN1C(=O)C(C(C)C)N(C)C(=O)C(NC(=O)C(C(C)C)N(C)C)C(C)C. The highest BCUT2D eigenvalue weighted by Gasteiger charge is 2.46. The molecule has 0 bridgehead atoms. The number of fused-ring (bicyclic) bond motifs is 1. The van der Waals surface area contributed by atoms with E-state index >= 15 is 0 Å². The zero-order valence-electron chi connectivity index (χ0n) is 35.8. The van der Waals surface area contributed by atoms with Gasteiger partial charge in [0.2, 0.25) is 29.5 Å². The first kappa shape index (κ1) is 45.1. The number of hydrogen-bond donors (Lipinski definition) is 2. The van der Waals surface area contributed by atoms with Gasteiger partial charge in [-0.05, 0) is 75.6 Å². The molecule has 2 saturated heterocycles. The van der Waals surface area contributed by atoms with Gasteiger partial charge in [0.1, 0.15) is 30.3 Å². The maximum Gasteiger partial charge on any atom is 0.329 e. The van der Waals surface area contributed by atoms with Gasteiger partial charge in [-0.15, -0.1) is 0 Å². The first-order chi connectivity index (χ1) is 26.8. The molecule has 6 unspecified atom stereocenters. The molecule has 2 aromatic rings. The lowest BCUT2D eigenvalue weighted by atomic mass is 9.96. The number of amides is 5. The van der Waals surface area contributed by atoms with Crippen LogP contribution in [-0.4, -0.2) is 131 Å². The van der Waals surface area contributed by atoms with Crippen LogP contribution in [-0.2, 0) is 33.5 Å². The van der Waals surface area contributed by atoms with Crippen molar-refractivity contribution in [3.8, 4) is 0 Å². The number of nitrogens with one attached hydrogen (secondary N) is 2. The molecule has 3 heterocycles. The molecule has 2 aliphatic rings. The fourth-order valence-electron chi connectivity index (χ4n) is 8.24. The molecular formula is C43H65N7O7. The van der Waals surface area contributed by atoms with Gasteiger partial charge in [-0.1, -0.05) is 73.6 Å². The van der Waals surface area contributed by atoms with Crippen LogP contribution in [0, 0.1) is 23.7 Å². The molecule has 14 nitrogen and oxygen atoms in total. The molecule has 6 atom stereocenters. The van der Waals surface area contributed by atoms with E-state index in [-0.39, 0.29) is 59.6 Å². The zero-order valence-corrected chi connectivity index (χ0v) is 35.8. The van der Waals surface area contributed by atoms with E-state index in [1.54, 1.807) is 18.1 Å². The van der Waals surface area contributed by atoms with E-state index in [0.29, 0.717) is 44.5 Å². The van der Waals surface area contributed by atoms with Crippen LogP contribution >= 0.6 is 0 Å². The van der Waals surface area contributed by atoms with Gasteiger partial charge in [-0.2, -0.15) is 0 Å². The van der Waals surface area contributed by atoms with Crippen LogP contribution in [0.1, 0.15) is 87.5 Å². The van der Waals surface area contributed by atoms with E-state index in [1.807, 2.05) is 105 Å². The van der Waals surface area contributed by atoms with Crippen molar-refractivity contribution in [3.05, 3.63) is 36.5 Å². The topological polar surface area (TPSA) is 162 Å². The van der Waals surface area contributed by atoms with Gasteiger partial charge in [-0.25, -0.2) is 4.79 Å². The fraction of sp³-hybridized carbons (Fsp3) is 0.651. The monoisotopic (exact) mass is 791 g/mol. The van der Waals surface area contributed by atoms with E-state index in [4.69, 9.17) is 4.74 Å². The molecule has 2 aliphatic heterocycles. The van der Waals surface area contributed by atoms with Crippen LogP contribution in [0.15, 0.2) is 36.5 Å². The Labute approximate surface area is 338 Å². The summed E-state index contributed by atoms with van der Waals surface area (Å²) >= 11 is 0. The average molecular weight is 792 g/mol. The third-order valence-corrected chi connectivity index (χ3v) is 11.2. The number of likely N-dealkylation sites (N-methyl/N-ethyl adjacent to an activating group) is 2. The predicted molar refractivity (Wildman–Crippen MR) is 220 cm³/mol. The Morgan fingerprint density at radius 3 is 2.02 bits per heavy atom. The van der Waals surface area contributed by atoms with Gasteiger partial charge in [0.25, 0.3) is 0 Å². The zero-order chi connectivity index (χ0) is 42.3. The fourth-order valence-corrected chi connectivity index (χ4v) is 8.24. The lowest BCUT2D eigenvalue weighted by Gasteiger charge is -2.38. The van der Waals surface area contributed by atoms with Crippen LogP contribution < -0.4 is 10.6 Å². The molecule has 0 spiro atoms. The molecule has 5 amide bonds. The van der Waals surface area contributed by atoms with Gasteiger partial charge < -0.3 is 30.1 Å². The summed E-state index contributed by atoms with van der Waals surface area (Å²) in [5, 5.41) is 6.71. The summed E-state index contributed by atoms with van der Waals surface area (Å²) in [6, 6.07) is 5.60. The van der Waals surface area contributed by atoms with Gasteiger partial charge >= 0.3 is 5.97 Å². The van der Waals surface area contributed by atoms with Crippen molar-refractivity contribution in [3.63, 3.8) is 0 Å². The molecule has 2 fully saturated rings. The second-order valence-electron chi connectivity index (χ2n) is 17.3. The van der Waals surface area contributed by atoms with Crippen LogP contribution in [0.4, 0.5) is 5.69 Å². The smallest absolute Gasteiger partial charge is 0.329 e. The summed E-state index contributed by atoms with van der Waals surface area (Å²) in [5.74, 6) is -2.91. The standard InChI is InChI=1S/C43H65N7O7/c1-25(2)34(23-35(51)45-30-22-29-16-12-13-17-31(29)44-24-30)57-43(56)33-19-15-21-50(33)40(53)32-18-14-20-49(32)42(55)38(28(7)8)48(11)41(54)36(26(3)4)46-39(52)37(27(5)6)47(9)10/h12-13,16-17,22,24-28,32-34,36-38H,14-15,18-21,23H2,1-11H3,(H,45,51)(H,46,52). The lowest BCUT2D eigenvalue weighted by molar-refractivity contribution is -0.162. The molecule has 0 radical (unpaired) electrons. The summed E-state index contributed by atoms with van der Waals surface area (Å²) in [4.78, 5) is 93.8. The highest BCUT2D eigenvalue weighted by atomic mass is 16.5. The van der Waals surface area contributed by atoms with Crippen molar-refractivity contribution >= 4 is 52.1 Å². The minimum Gasteiger partial charge on any atom is -0.460 e. The number of pyridine rings is 1. The molecule has 14 heteroatoms. The first-order valence-corrected chi connectivity index (χ1v) is 20.5. The summed E-state index contributed by atoms with van der Waals surface area (Å²) in [6.45, 7) is 15.8. The number of para-hydroxylation sites is 1. The minimum atomic E-state index is -0.888. The number of anilines is 1. The number of rotatable bonds is 16. The minimum absolute atomic E-state index is 0.00930. The maximum absolute atomic E-state index is 14.4. The van der Waals surface area contributed by atoms with Crippen molar-refractivity contribution < 1.29 is 33.5 Å². The molecule has 0 saturated carbocycles. The highest BCUT2D eigenvalue weighted by Crippen LogP contribution is 2.29. The van der Waals surface area contributed by atoms with Crippen LogP contribution in [0.3, 0.4) is 0 Å². The van der Waals surface area contributed by atoms with Crippen LogP contribution in [0.25, 0.3) is 10.9 Å². The number of hydrogen-bond acceptors (Lipinski definition) is 9. The quantitative estimate of drug-likeness (QED) is 0.236. The predicted octanol–water partition coefficient (Wildman–Crippen LogP) is 4.32. The molecule has 1 aromatic carbocycles. The molecule has 4 rings (SSSR count). The molecule has 57 heavy (non-hydrogen) atoms. The molecule has 1 aromatic heterocycles. The van der Waals surface area contributed by atoms with Crippen molar-refractivity contribution in [2.24, 2.45) is 23.7 Å². The maximum atomic E-state index is 14.4. The Morgan fingerprint density at radius 2 is 1.42 bits per heavy atom. The summed E-state index contributed by atoms with van der Waals surface area (Å²) in [6.07, 6.45) is 2.81. The van der Waals surface area contributed by atoms with Gasteiger partial charge in [0.05, 0.1) is 29.9 Å². The number of benzene rings is 1. The molecule has 314 valence electrons. The van der Waals surface area contributed by atoms with Crippen molar-refractivity contribution in [2.75, 3.05) is 39.5 Å². The molecular weight excluding hydrogens is 727 g/mol. The van der Waals surface area contributed by atoms with E-state index < -0.39 is 42.3 Å². The second-order valence-corrected chi connectivity index (χ2v) is 17.3. The third-order valence-electron chi connectivity index (χ3n) is 11.2. The van der Waals surface area contributed by atoms with Gasteiger partial charge in [0.15, 0.2) is 0 Å².